The average molecular weight is 361 g/mol. The molecule has 0 unspecified atom stereocenters. The highest BCUT2D eigenvalue weighted by Crippen LogP contribution is 2.26. The fourth-order valence-electron chi connectivity index (χ4n) is 3.30. The summed E-state index contributed by atoms with van der Waals surface area (Å²) >= 11 is 1.47. The number of carbonyl (C=O) groups is 1. The maximum Gasteiger partial charge on any atom is 0.233 e. The number of rotatable bonds is 6. The van der Waals surface area contributed by atoms with Crippen LogP contribution in [-0.4, -0.2) is 32.2 Å². The van der Waals surface area contributed by atoms with Crippen LogP contribution in [0.15, 0.2) is 41.8 Å². The van der Waals surface area contributed by atoms with Crippen LogP contribution in [-0.2, 0) is 18.4 Å². The second-order valence-corrected chi connectivity index (χ2v) is 7.49. The summed E-state index contributed by atoms with van der Waals surface area (Å²) in [7, 11) is 1.93. The van der Waals surface area contributed by atoms with Gasteiger partial charge in [-0.2, -0.15) is 0 Å². The molecule has 6 heteroatoms. The standard InChI is InChI=1S/C19H24FN3OS/c1-22-12-11-21-19(22)25-14-18(24)23(17-5-3-2-4-6-17)13-15-7-9-16(20)10-8-15/h7-12,17H,2-6,13-14H2,1H3. The smallest absolute Gasteiger partial charge is 0.233 e. The minimum absolute atomic E-state index is 0.129. The highest BCUT2D eigenvalue weighted by atomic mass is 32.2. The summed E-state index contributed by atoms with van der Waals surface area (Å²) in [6, 6.07) is 6.74. The van der Waals surface area contributed by atoms with E-state index in [-0.39, 0.29) is 17.8 Å². The molecular formula is C19H24FN3OS. The molecule has 4 nitrogen and oxygen atoms in total. The number of halogens is 1. The number of benzene rings is 1. The van der Waals surface area contributed by atoms with Crippen molar-refractivity contribution in [1.29, 1.82) is 0 Å². The van der Waals surface area contributed by atoms with Gasteiger partial charge in [-0.15, -0.1) is 0 Å². The number of hydrogen-bond acceptors (Lipinski definition) is 3. The van der Waals surface area contributed by atoms with E-state index in [2.05, 4.69) is 4.98 Å². The van der Waals surface area contributed by atoms with Gasteiger partial charge in [0.15, 0.2) is 5.16 Å². The maximum atomic E-state index is 13.2. The number of imidazole rings is 1. The van der Waals surface area contributed by atoms with Crippen molar-refractivity contribution in [1.82, 2.24) is 14.5 Å². The van der Waals surface area contributed by atoms with E-state index in [1.165, 1.54) is 43.2 Å². The Labute approximate surface area is 152 Å². The second kappa shape index (κ2) is 8.52. The van der Waals surface area contributed by atoms with Crippen LogP contribution in [0.1, 0.15) is 37.7 Å². The Morgan fingerprint density at radius 3 is 2.64 bits per heavy atom. The summed E-state index contributed by atoms with van der Waals surface area (Å²) in [5.41, 5.74) is 0.974. The molecule has 1 heterocycles. The van der Waals surface area contributed by atoms with E-state index in [9.17, 15) is 9.18 Å². The van der Waals surface area contributed by atoms with Gasteiger partial charge in [-0.05, 0) is 30.5 Å². The number of carbonyl (C=O) groups excluding carboxylic acids is 1. The zero-order valence-corrected chi connectivity index (χ0v) is 15.3. The van der Waals surface area contributed by atoms with E-state index in [0.29, 0.717) is 12.3 Å². The molecule has 1 fully saturated rings. The summed E-state index contributed by atoms with van der Waals surface area (Å²) < 4.78 is 15.1. The quantitative estimate of drug-likeness (QED) is 0.730. The Bertz CT molecular complexity index is 695. The van der Waals surface area contributed by atoms with Gasteiger partial charge < -0.3 is 9.47 Å². The molecule has 2 aromatic rings. The van der Waals surface area contributed by atoms with Crippen molar-refractivity contribution in [3.05, 3.63) is 48.0 Å². The number of thioether (sulfide) groups is 1. The van der Waals surface area contributed by atoms with Crippen LogP contribution in [0.5, 0.6) is 0 Å². The van der Waals surface area contributed by atoms with E-state index in [1.54, 1.807) is 18.3 Å². The molecule has 1 saturated carbocycles. The lowest BCUT2D eigenvalue weighted by molar-refractivity contribution is -0.132. The number of hydrogen-bond donors (Lipinski definition) is 0. The summed E-state index contributed by atoms with van der Waals surface area (Å²) in [6.07, 6.45) is 9.32. The highest BCUT2D eigenvalue weighted by molar-refractivity contribution is 7.99. The van der Waals surface area contributed by atoms with Crippen LogP contribution in [0, 0.1) is 5.82 Å². The third kappa shape index (κ3) is 4.84. The molecular weight excluding hydrogens is 337 g/mol. The first-order valence-corrected chi connectivity index (χ1v) is 9.76. The summed E-state index contributed by atoms with van der Waals surface area (Å²) in [5.74, 6) is 0.261. The minimum Gasteiger partial charge on any atom is -0.335 e. The number of aryl methyl sites for hydroxylation is 1. The normalized spacial score (nSPS) is 15.3. The van der Waals surface area contributed by atoms with Crippen LogP contribution in [0.2, 0.25) is 0 Å². The predicted molar refractivity (Wildman–Crippen MR) is 97.8 cm³/mol. The van der Waals surface area contributed by atoms with E-state index in [1.807, 2.05) is 22.7 Å². The SMILES string of the molecule is Cn1ccnc1SCC(=O)N(Cc1ccc(F)cc1)C1CCCCC1. The average Bonchev–Trinajstić information content (AvgIpc) is 3.05. The largest absolute Gasteiger partial charge is 0.335 e. The highest BCUT2D eigenvalue weighted by Gasteiger charge is 2.25. The van der Waals surface area contributed by atoms with Gasteiger partial charge in [-0.3, -0.25) is 4.79 Å². The van der Waals surface area contributed by atoms with Crippen molar-refractivity contribution >= 4 is 17.7 Å². The lowest BCUT2D eigenvalue weighted by Crippen LogP contribution is -2.42. The van der Waals surface area contributed by atoms with Gasteiger partial charge in [0.05, 0.1) is 5.75 Å². The molecule has 1 aromatic heterocycles. The molecule has 1 aromatic carbocycles. The molecule has 0 atom stereocenters. The molecule has 0 spiro atoms. The molecule has 134 valence electrons. The van der Waals surface area contributed by atoms with Crippen molar-refractivity contribution in [2.45, 2.75) is 49.8 Å². The minimum atomic E-state index is -0.246. The van der Waals surface area contributed by atoms with E-state index >= 15 is 0 Å². The van der Waals surface area contributed by atoms with Crippen molar-refractivity contribution in [2.24, 2.45) is 7.05 Å². The number of nitrogens with zero attached hydrogens (tertiary/aromatic N) is 3. The van der Waals surface area contributed by atoms with Crippen LogP contribution in [0.4, 0.5) is 4.39 Å². The summed E-state index contributed by atoms with van der Waals surface area (Å²) in [4.78, 5) is 19.2. The maximum absolute atomic E-state index is 13.2. The first-order valence-electron chi connectivity index (χ1n) is 8.77. The van der Waals surface area contributed by atoms with Gasteiger partial charge in [-0.25, -0.2) is 9.37 Å². The van der Waals surface area contributed by atoms with E-state index < -0.39 is 0 Å². The molecule has 0 saturated heterocycles. The third-order valence-corrected chi connectivity index (χ3v) is 5.75. The first kappa shape index (κ1) is 18.0. The van der Waals surface area contributed by atoms with Crippen molar-refractivity contribution in [3.8, 4) is 0 Å². The molecule has 1 amide bonds. The monoisotopic (exact) mass is 361 g/mol. The van der Waals surface area contributed by atoms with Gasteiger partial charge in [0.2, 0.25) is 5.91 Å². The molecule has 1 aliphatic rings. The molecule has 0 bridgehead atoms. The number of aromatic nitrogens is 2. The zero-order valence-electron chi connectivity index (χ0n) is 14.5. The first-order chi connectivity index (χ1) is 12.1. The molecule has 0 radical (unpaired) electrons. The van der Waals surface area contributed by atoms with Gasteiger partial charge in [-0.1, -0.05) is 43.2 Å². The van der Waals surface area contributed by atoms with Crippen molar-refractivity contribution < 1.29 is 9.18 Å². The van der Waals surface area contributed by atoms with Crippen LogP contribution < -0.4 is 0 Å². The van der Waals surface area contributed by atoms with Crippen LogP contribution in [0.3, 0.4) is 0 Å². The molecule has 1 aliphatic carbocycles. The van der Waals surface area contributed by atoms with Gasteiger partial charge in [0.1, 0.15) is 5.82 Å². The molecule has 0 N–H and O–H groups in total. The Kier molecular flexibility index (Phi) is 6.13. The zero-order chi connectivity index (χ0) is 17.6. The fraction of sp³-hybridized carbons (Fsp3) is 0.474. The fourth-order valence-corrected chi connectivity index (χ4v) is 4.12. The van der Waals surface area contributed by atoms with E-state index in [4.69, 9.17) is 0 Å². The lowest BCUT2D eigenvalue weighted by Gasteiger charge is -2.34. The van der Waals surface area contributed by atoms with Crippen LogP contribution >= 0.6 is 11.8 Å². The van der Waals surface area contributed by atoms with Gasteiger partial charge in [0.25, 0.3) is 0 Å². The van der Waals surface area contributed by atoms with Crippen molar-refractivity contribution in [2.75, 3.05) is 5.75 Å². The van der Waals surface area contributed by atoms with Gasteiger partial charge >= 0.3 is 0 Å². The topological polar surface area (TPSA) is 38.1 Å². The summed E-state index contributed by atoms with van der Waals surface area (Å²) in [6.45, 7) is 0.547. The molecule has 0 aliphatic heterocycles. The Morgan fingerprint density at radius 2 is 2.00 bits per heavy atom. The van der Waals surface area contributed by atoms with Crippen molar-refractivity contribution in [3.63, 3.8) is 0 Å². The third-order valence-electron chi connectivity index (χ3n) is 4.70. The van der Waals surface area contributed by atoms with Gasteiger partial charge in [0, 0.05) is 32.0 Å². The Morgan fingerprint density at radius 1 is 1.28 bits per heavy atom. The summed E-state index contributed by atoms with van der Waals surface area (Å²) in [5, 5.41) is 0.846. The molecule has 3 rings (SSSR count). The lowest BCUT2D eigenvalue weighted by atomic mass is 9.94. The Hall–Kier alpha value is -1.82. The second-order valence-electron chi connectivity index (χ2n) is 6.55. The number of amides is 1. The van der Waals surface area contributed by atoms with Crippen LogP contribution in [0.25, 0.3) is 0 Å². The Balaban J connectivity index is 1.69. The predicted octanol–water partition coefficient (Wildman–Crippen LogP) is 4.01. The van der Waals surface area contributed by atoms with E-state index in [0.717, 1.165) is 23.6 Å². The molecule has 25 heavy (non-hydrogen) atoms.